The van der Waals surface area contributed by atoms with Crippen molar-refractivity contribution in [2.45, 2.75) is 19.4 Å². The van der Waals surface area contributed by atoms with E-state index in [1.54, 1.807) is 6.20 Å². The van der Waals surface area contributed by atoms with E-state index in [-0.39, 0.29) is 5.41 Å². The van der Waals surface area contributed by atoms with Crippen LogP contribution in [0.25, 0.3) is 10.6 Å². The van der Waals surface area contributed by atoms with Gasteiger partial charge in [-0.1, -0.05) is 0 Å². The van der Waals surface area contributed by atoms with Crippen molar-refractivity contribution >= 4 is 17.2 Å². The summed E-state index contributed by atoms with van der Waals surface area (Å²) < 4.78 is 5.42. The van der Waals surface area contributed by atoms with Crippen LogP contribution < -0.4 is 0 Å². The van der Waals surface area contributed by atoms with Crippen LogP contribution in [0.15, 0.2) is 24.4 Å². The van der Waals surface area contributed by atoms with Crippen LogP contribution in [-0.4, -0.2) is 89.8 Å². The first-order chi connectivity index (χ1) is 14.2. The van der Waals surface area contributed by atoms with Crippen LogP contribution in [-0.2, 0) is 16.1 Å². The molecular weight excluding hydrogens is 386 g/mol. The second-order valence-corrected chi connectivity index (χ2v) is 9.64. The van der Waals surface area contributed by atoms with Crippen molar-refractivity contribution in [1.29, 1.82) is 0 Å². The molecule has 0 aliphatic carbocycles. The Morgan fingerprint density at radius 1 is 1.07 bits per heavy atom. The van der Waals surface area contributed by atoms with Crippen LogP contribution in [0.5, 0.6) is 0 Å². The predicted octanol–water partition coefficient (Wildman–Crippen LogP) is 1.89. The highest BCUT2D eigenvalue weighted by molar-refractivity contribution is 7.15. The monoisotopic (exact) mass is 415 g/mol. The summed E-state index contributed by atoms with van der Waals surface area (Å²) in [5.74, 6) is 0.387. The van der Waals surface area contributed by atoms with Crippen molar-refractivity contribution in [2.75, 3.05) is 59.0 Å². The first kappa shape index (κ1) is 19.2. The Bertz CT molecular complexity index is 832. The quantitative estimate of drug-likeness (QED) is 0.781. The highest BCUT2D eigenvalue weighted by atomic mass is 32.1. The molecule has 1 N–H and O–H groups in total. The molecule has 5 rings (SSSR count). The molecule has 29 heavy (non-hydrogen) atoms. The number of aromatic amines is 1. The number of nitrogens with zero attached hydrogens (tertiary/aromatic N) is 4. The summed E-state index contributed by atoms with van der Waals surface area (Å²) >= 11 is 1.81. The van der Waals surface area contributed by atoms with Gasteiger partial charge < -0.3 is 9.64 Å². The maximum absolute atomic E-state index is 13.2. The summed E-state index contributed by atoms with van der Waals surface area (Å²) in [5, 5.41) is 7.07. The lowest BCUT2D eigenvalue weighted by molar-refractivity contribution is -0.135. The van der Waals surface area contributed by atoms with E-state index >= 15 is 0 Å². The molecule has 0 bridgehead atoms. The summed E-state index contributed by atoms with van der Waals surface area (Å²) in [4.78, 5) is 22.8. The average Bonchev–Trinajstić information content (AvgIpc) is 3.53. The fourth-order valence-corrected chi connectivity index (χ4v) is 5.91. The van der Waals surface area contributed by atoms with E-state index in [1.165, 1.54) is 9.75 Å². The summed E-state index contributed by atoms with van der Waals surface area (Å²) in [6, 6.07) is 6.37. The molecule has 1 unspecified atom stereocenters. The molecule has 156 valence electrons. The zero-order valence-corrected chi connectivity index (χ0v) is 17.6. The van der Waals surface area contributed by atoms with Gasteiger partial charge in [-0.3, -0.25) is 19.7 Å². The molecule has 1 atom stereocenters. The Kier molecular flexibility index (Phi) is 5.43. The molecule has 3 aliphatic heterocycles. The van der Waals surface area contributed by atoms with E-state index < -0.39 is 0 Å². The van der Waals surface area contributed by atoms with Gasteiger partial charge in [-0.15, -0.1) is 11.3 Å². The lowest BCUT2D eigenvalue weighted by atomic mass is 9.85. The third-order valence-electron chi connectivity index (χ3n) is 6.63. The van der Waals surface area contributed by atoms with Gasteiger partial charge in [0.25, 0.3) is 0 Å². The molecule has 8 heteroatoms. The van der Waals surface area contributed by atoms with E-state index in [0.717, 1.165) is 84.1 Å². The van der Waals surface area contributed by atoms with E-state index in [2.05, 4.69) is 37.0 Å². The summed E-state index contributed by atoms with van der Waals surface area (Å²) in [6.45, 7) is 9.21. The fraction of sp³-hybridized carbons (Fsp3) is 0.619. The second-order valence-electron chi connectivity index (χ2n) is 8.47. The molecule has 0 radical (unpaired) electrons. The van der Waals surface area contributed by atoms with Gasteiger partial charge in [-0.2, -0.15) is 5.10 Å². The predicted molar refractivity (Wildman–Crippen MR) is 113 cm³/mol. The SMILES string of the molecule is O=C1N(CCN2CCOCC2)CCC12CCN(Cc1ccc(-c3ccn[nH]3)s1)C2. The van der Waals surface area contributed by atoms with Crippen LogP contribution in [0.3, 0.4) is 0 Å². The molecule has 7 nitrogen and oxygen atoms in total. The average molecular weight is 416 g/mol. The minimum Gasteiger partial charge on any atom is -0.379 e. The van der Waals surface area contributed by atoms with Crippen LogP contribution >= 0.6 is 11.3 Å². The van der Waals surface area contributed by atoms with Crippen LogP contribution in [0, 0.1) is 5.41 Å². The Morgan fingerprint density at radius 3 is 2.76 bits per heavy atom. The third kappa shape index (κ3) is 3.99. The highest BCUT2D eigenvalue weighted by Gasteiger charge is 2.50. The van der Waals surface area contributed by atoms with Crippen LogP contribution in [0.4, 0.5) is 0 Å². The molecule has 3 fully saturated rings. The number of hydrogen-bond acceptors (Lipinski definition) is 6. The number of hydrogen-bond donors (Lipinski definition) is 1. The van der Waals surface area contributed by atoms with Gasteiger partial charge in [-0.05, 0) is 37.6 Å². The first-order valence-corrected chi connectivity index (χ1v) is 11.4. The number of carbonyl (C=O) groups excluding carboxylic acids is 1. The smallest absolute Gasteiger partial charge is 0.230 e. The summed E-state index contributed by atoms with van der Waals surface area (Å²) in [6.07, 6.45) is 3.80. The van der Waals surface area contributed by atoms with Crippen molar-refractivity contribution in [3.05, 3.63) is 29.3 Å². The highest BCUT2D eigenvalue weighted by Crippen LogP contribution is 2.41. The summed E-state index contributed by atoms with van der Waals surface area (Å²) in [7, 11) is 0. The number of morpholine rings is 1. The minimum absolute atomic E-state index is 0.144. The van der Waals surface area contributed by atoms with E-state index in [0.29, 0.717) is 5.91 Å². The summed E-state index contributed by atoms with van der Waals surface area (Å²) in [5.41, 5.74) is 0.926. The zero-order chi connectivity index (χ0) is 19.7. The van der Waals surface area contributed by atoms with Gasteiger partial charge in [0, 0.05) is 56.9 Å². The number of likely N-dealkylation sites (tertiary alicyclic amines) is 2. The van der Waals surface area contributed by atoms with Crippen LogP contribution in [0.1, 0.15) is 17.7 Å². The fourth-order valence-electron chi connectivity index (χ4n) is 4.89. The number of thiophene rings is 1. The van der Waals surface area contributed by atoms with Gasteiger partial charge in [0.2, 0.25) is 5.91 Å². The van der Waals surface area contributed by atoms with Crippen LogP contribution in [0.2, 0.25) is 0 Å². The molecule has 0 aromatic carbocycles. The van der Waals surface area contributed by atoms with Crippen molar-refractivity contribution in [2.24, 2.45) is 5.41 Å². The van der Waals surface area contributed by atoms with Gasteiger partial charge in [0.15, 0.2) is 0 Å². The third-order valence-corrected chi connectivity index (χ3v) is 7.73. The number of ether oxygens (including phenoxy) is 1. The number of aromatic nitrogens is 2. The number of H-pyrrole nitrogens is 1. The Labute approximate surface area is 175 Å². The minimum atomic E-state index is -0.144. The molecule has 1 amide bonds. The standard InChI is InChI=1S/C21H29N5O2S/c27-20-21(5-8-26(20)10-9-24-11-13-28-14-12-24)4-7-25(16-21)15-17-1-2-19(29-17)18-3-6-22-23-18/h1-3,6H,4-5,7-16H2,(H,22,23). The molecule has 0 saturated carbocycles. The van der Waals surface area contributed by atoms with Crippen molar-refractivity contribution in [3.63, 3.8) is 0 Å². The van der Waals surface area contributed by atoms with Crippen molar-refractivity contribution in [3.8, 4) is 10.6 Å². The Hall–Kier alpha value is -1.74. The lowest BCUT2D eigenvalue weighted by Crippen LogP contribution is -2.43. The van der Waals surface area contributed by atoms with E-state index in [1.807, 2.05) is 17.4 Å². The van der Waals surface area contributed by atoms with Crippen molar-refractivity contribution < 1.29 is 9.53 Å². The van der Waals surface area contributed by atoms with E-state index in [9.17, 15) is 4.79 Å². The molecule has 3 saturated heterocycles. The number of rotatable bonds is 6. The van der Waals surface area contributed by atoms with Gasteiger partial charge in [0.1, 0.15) is 0 Å². The molecule has 2 aromatic rings. The molecule has 5 heterocycles. The largest absolute Gasteiger partial charge is 0.379 e. The van der Waals surface area contributed by atoms with Gasteiger partial charge >= 0.3 is 0 Å². The lowest BCUT2D eigenvalue weighted by Gasteiger charge is -2.29. The maximum atomic E-state index is 13.2. The Morgan fingerprint density at radius 2 is 1.93 bits per heavy atom. The maximum Gasteiger partial charge on any atom is 0.230 e. The van der Waals surface area contributed by atoms with Gasteiger partial charge in [0.05, 0.1) is 29.2 Å². The normalized spacial score (nSPS) is 26.2. The van der Waals surface area contributed by atoms with E-state index in [4.69, 9.17) is 4.74 Å². The Balaban J connectivity index is 1.15. The number of amides is 1. The second kappa shape index (κ2) is 8.18. The van der Waals surface area contributed by atoms with Crippen molar-refractivity contribution in [1.82, 2.24) is 24.9 Å². The zero-order valence-electron chi connectivity index (χ0n) is 16.8. The topological polar surface area (TPSA) is 64.7 Å². The first-order valence-electron chi connectivity index (χ1n) is 10.6. The van der Waals surface area contributed by atoms with Gasteiger partial charge in [-0.25, -0.2) is 0 Å². The molecule has 2 aromatic heterocycles. The number of carbonyl (C=O) groups is 1. The number of nitrogens with one attached hydrogen (secondary N) is 1. The molecule has 3 aliphatic rings. The molecule has 1 spiro atoms. The molecular formula is C21H29N5O2S.